The van der Waals surface area contributed by atoms with E-state index in [9.17, 15) is 29.3 Å². The summed E-state index contributed by atoms with van der Waals surface area (Å²) in [7, 11) is -4.63. The minimum absolute atomic E-state index is 0.185. The van der Waals surface area contributed by atoms with Gasteiger partial charge in [0.1, 0.15) is 12.2 Å². The summed E-state index contributed by atoms with van der Waals surface area (Å²) < 4.78 is 32.6. The Labute approximate surface area is 336 Å². The second-order valence-electron chi connectivity index (χ2n) is 15.4. The first-order valence-electron chi connectivity index (χ1n) is 22.6. The number of carbonyl (C=O) groups is 2. The molecule has 3 atom stereocenters. The smallest absolute Gasteiger partial charge is 0.457 e. The molecule has 0 aliphatic heterocycles. The highest BCUT2D eigenvalue weighted by atomic mass is 31.2. The van der Waals surface area contributed by atoms with Crippen LogP contribution in [0.15, 0.2) is 12.2 Å². The number of ether oxygens (including phenoxy) is 2. The summed E-state index contributed by atoms with van der Waals surface area (Å²) in [5.74, 6) is -1.02. The van der Waals surface area contributed by atoms with E-state index in [1.807, 2.05) is 0 Å². The Morgan fingerprint density at radius 1 is 0.473 bits per heavy atom. The summed E-state index contributed by atoms with van der Waals surface area (Å²) in [6.45, 7) is 2.20. The van der Waals surface area contributed by atoms with E-state index in [4.69, 9.17) is 18.5 Å². The van der Waals surface area contributed by atoms with E-state index in [2.05, 4.69) is 26.0 Å². The van der Waals surface area contributed by atoms with Crippen LogP contribution in [0.1, 0.15) is 219 Å². The number of aliphatic hydroxyl groups excluding tert-OH is 2. The molecule has 0 saturated carbocycles. The van der Waals surface area contributed by atoms with E-state index in [0.29, 0.717) is 12.8 Å². The van der Waals surface area contributed by atoms with E-state index in [-0.39, 0.29) is 12.8 Å². The number of aliphatic hydroxyl groups is 2. The number of hydrogen-bond acceptors (Lipinski definition) is 9. The van der Waals surface area contributed by atoms with Gasteiger partial charge < -0.3 is 24.6 Å². The van der Waals surface area contributed by atoms with Gasteiger partial charge in [0.2, 0.25) is 0 Å². The molecule has 0 aromatic carbocycles. The topological polar surface area (TPSA) is 149 Å². The Balaban J connectivity index is 3.84. The number of phosphoric acid groups is 1. The van der Waals surface area contributed by atoms with Crippen LogP contribution in [0.4, 0.5) is 0 Å². The zero-order valence-electron chi connectivity index (χ0n) is 35.4. The normalized spacial score (nSPS) is 13.9. The lowest BCUT2D eigenvalue weighted by Crippen LogP contribution is -2.28. The minimum atomic E-state index is -4.63. The van der Waals surface area contributed by atoms with Gasteiger partial charge in [-0.1, -0.05) is 180 Å². The van der Waals surface area contributed by atoms with Gasteiger partial charge in [-0.2, -0.15) is 0 Å². The Morgan fingerprint density at radius 3 is 1.07 bits per heavy atom. The summed E-state index contributed by atoms with van der Waals surface area (Å²) in [5.41, 5.74) is 0. The first-order valence-corrected chi connectivity index (χ1v) is 24.1. The van der Waals surface area contributed by atoms with Crippen molar-refractivity contribution < 1.29 is 47.8 Å². The Hall–Kier alpha value is -1.29. The van der Waals surface area contributed by atoms with Crippen molar-refractivity contribution in [3.8, 4) is 0 Å². The van der Waals surface area contributed by atoms with Gasteiger partial charge in [-0.15, -0.1) is 0 Å². The quantitative estimate of drug-likeness (QED) is 0.0235. The second kappa shape index (κ2) is 40.9. The Kier molecular flexibility index (Phi) is 39.9. The van der Waals surface area contributed by atoms with Gasteiger partial charge in [-0.25, -0.2) is 4.57 Å². The van der Waals surface area contributed by atoms with Crippen LogP contribution in [0.5, 0.6) is 0 Å². The summed E-state index contributed by atoms with van der Waals surface area (Å²) >= 11 is 0. The van der Waals surface area contributed by atoms with Crippen molar-refractivity contribution in [1.82, 2.24) is 0 Å². The van der Waals surface area contributed by atoms with Crippen molar-refractivity contribution in [2.24, 2.45) is 0 Å². The van der Waals surface area contributed by atoms with Crippen LogP contribution in [0.2, 0.25) is 0 Å². The molecule has 3 N–H and O–H groups in total. The van der Waals surface area contributed by atoms with Crippen molar-refractivity contribution in [3.63, 3.8) is 0 Å². The lowest BCUT2D eigenvalue weighted by molar-refractivity contribution is -0.153. The van der Waals surface area contributed by atoms with Crippen molar-refractivity contribution in [2.75, 3.05) is 26.4 Å². The number of carbonyl (C=O) groups excluding carboxylic acids is 2. The van der Waals surface area contributed by atoms with Crippen molar-refractivity contribution in [3.05, 3.63) is 12.2 Å². The van der Waals surface area contributed by atoms with Crippen LogP contribution < -0.4 is 0 Å². The standard InChI is InChI=1S/C44H85O10P/c1-3-5-7-9-11-13-15-17-18-19-20-21-22-23-24-26-28-30-32-34-36-44(48)54-42(38-46)40-52-55(49,50)51-39-41(37-45)53-43(47)35-33-31-29-27-25-16-14-12-10-8-6-4-2/h12,14,41-42,45-46H,3-11,13,15-40H2,1-2H3,(H,49,50)/b14-12-. The average Bonchev–Trinajstić information content (AvgIpc) is 3.17. The van der Waals surface area contributed by atoms with Crippen LogP contribution in [0.3, 0.4) is 0 Å². The van der Waals surface area contributed by atoms with E-state index < -0.39 is 58.4 Å². The maximum Gasteiger partial charge on any atom is 0.472 e. The Bertz CT molecular complexity index is 930. The molecule has 0 aromatic rings. The maximum absolute atomic E-state index is 12.4. The molecule has 3 unspecified atom stereocenters. The number of phosphoric ester groups is 1. The molecular weight excluding hydrogens is 719 g/mol. The molecule has 0 heterocycles. The van der Waals surface area contributed by atoms with Crippen molar-refractivity contribution in [1.29, 1.82) is 0 Å². The van der Waals surface area contributed by atoms with Gasteiger partial charge in [0.25, 0.3) is 0 Å². The molecule has 0 radical (unpaired) electrons. The number of rotatable bonds is 43. The van der Waals surface area contributed by atoms with E-state index in [0.717, 1.165) is 57.8 Å². The summed E-state index contributed by atoms with van der Waals surface area (Å²) in [6, 6.07) is 0. The highest BCUT2D eigenvalue weighted by molar-refractivity contribution is 7.47. The lowest BCUT2D eigenvalue weighted by Gasteiger charge is -2.20. The largest absolute Gasteiger partial charge is 0.472 e. The van der Waals surface area contributed by atoms with Crippen LogP contribution in [-0.2, 0) is 32.7 Å². The lowest BCUT2D eigenvalue weighted by atomic mass is 10.0. The summed E-state index contributed by atoms with van der Waals surface area (Å²) in [5, 5.41) is 19.2. The molecule has 0 saturated heterocycles. The average molecular weight is 805 g/mol. The fourth-order valence-corrected chi connectivity index (χ4v) is 7.25. The first-order chi connectivity index (χ1) is 26.8. The summed E-state index contributed by atoms with van der Waals surface area (Å²) in [6.07, 6.45) is 39.0. The molecule has 0 rings (SSSR count). The maximum atomic E-state index is 12.4. The van der Waals surface area contributed by atoms with Gasteiger partial charge in [0.15, 0.2) is 0 Å². The molecule has 0 aliphatic rings. The van der Waals surface area contributed by atoms with Crippen LogP contribution in [0.25, 0.3) is 0 Å². The minimum Gasteiger partial charge on any atom is -0.457 e. The monoisotopic (exact) mass is 805 g/mol. The van der Waals surface area contributed by atoms with Gasteiger partial charge in [-0.3, -0.25) is 18.6 Å². The predicted molar refractivity (Wildman–Crippen MR) is 224 cm³/mol. The predicted octanol–water partition coefficient (Wildman–Crippen LogP) is 12.0. The molecule has 10 nitrogen and oxygen atoms in total. The van der Waals surface area contributed by atoms with Crippen LogP contribution in [0, 0.1) is 0 Å². The zero-order valence-corrected chi connectivity index (χ0v) is 36.3. The van der Waals surface area contributed by atoms with E-state index in [1.165, 1.54) is 122 Å². The highest BCUT2D eigenvalue weighted by Crippen LogP contribution is 2.43. The van der Waals surface area contributed by atoms with Gasteiger partial charge >= 0.3 is 19.8 Å². The molecule has 0 aliphatic carbocycles. The fourth-order valence-electron chi connectivity index (χ4n) is 6.46. The fraction of sp³-hybridized carbons (Fsp3) is 0.909. The number of unbranched alkanes of at least 4 members (excludes halogenated alkanes) is 27. The van der Waals surface area contributed by atoms with Crippen molar-refractivity contribution in [2.45, 2.75) is 232 Å². The van der Waals surface area contributed by atoms with Crippen LogP contribution >= 0.6 is 7.82 Å². The molecular formula is C44H85O10P. The van der Waals surface area contributed by atoms with Gasteiger partial charge in [-0.05, 0) is 38.5 Å². The third-order valence-electron chi connectivity index (χ3n) is 9.98. The highest BCUT2D eigenvalue weighted by Gasteiger charge is 2.27. The van der Waals surface area contributed by atoms with Crippen LogP contribution in [-0.4, -0.2) is 65.7 Å². The Morgan fingerprint density at radius 2 is 0.745 bits per heavy atom. The molecule has 55 heavy (non-hydrogen) atoms. The van der Waals surface area contributed by atoms with E-state index >= 15 is 0 Å². The molecule has 0 aromatic heterocycles. The second-order valence-corrected chi connectivity index (χ2v) is 16.8. The van der Waals surface area contributed by atoms with Gasteiger partial charge in [0, 0.05) is 12.8 Å². The molecule has 0 spiro atoms. The number of hydrogen-bond donors (Lipinski definition) is 3. The zero-order chi connectivity index (χ0) is 40.5. The number of allylic oxidation sites excluding steroid dienone is 2. The molecule has 0 fully saturated rings. The SMILES string of the molecule is CCCCC/C=C\CCCCCCCC(=O)OC(CO)COP(=O)(O)OCC(CO)OC(=O)CCCCCCCCCCCCCCCCCCCCCC. The summed E-state index contributed by atoms with van der Waals surface area (Å²) in [4.78, 5) is 34.5. The number of esters is 2. The first kappa shape index (κ1) is 53.7. The molecule has 0 bridgehead atoms. The van der Waals surface area contributed by atoms with Gasteiger partial charge in [0.05, 0.1) is 26.4 Å². The molecule has 0 amide bonds. The molecule has 326 valence electrons. The molecule has 11 heteroatoms. The third-order valence-corrected chi connectivity index (χ3v) is 10.9. The third kappa shape index (κ3) is 39.3. The van der Waals surface area contributed by atoms with E-state index in [1.54, 1.807) is 0 Å². The van der Waals surface area contributed by atoms with Crippen molar-refractivity contribution >= 4 is 19.8 Å².